The number of aliphatic hydroxyl groups excluding tert-OH is 1. The van der Waals surface area contributed by atoms with Crippen LogP contribution in [0.2, 0.25) is 0 Å². The number of aliphatic hydroxyl groups is 1. The monoisotopic (exact) mass is 1370 g/mol. The first-order valence-corrected chi connectivity index (χ1v) is 41.4. The lowest BCUT2D eigenvalue weighted by atomic mass is 9.99. The second-order valence-corrected chi connectivity index (χ2v) is 30.8. The molecular weight excluding hydrogens is 1220 g/mol. The Morgan fingerprint density at radius 1 is 0.312 bits per heavy atom. The molecule has 0 spiro atoms. The van der Waals surface area contributed by atoms with Crippen LogP contribution < -0.4 is 0 Å². The van der Waals surface area contributed by atoms with E-state index in [2.05, 4.69) is 48.5 Å². The van der Waals surface area contributed by atoms with Gasteiger partial charge in [-0.05, 0) is 43.4 Å². The normalized spacial score (nSPS) is 14.4. The van der Waals surface area contributed by atoms with E-state index in [4.69, 9.17) is 37.0 Å². The van der Waals surface area contributed by atoms with Crippen molar-refractivity contribution < 1.29 is 80.2 Å². The van der Waals surface area contributed by atoms with Crippen molar-refractivity contribution in [1.82, 2.24) is 0 Å². The molecule has 0 fully saturated rings. The highest BCUT2D eigenvalue weighted by Crippen LogP contribution is 2.45. The summed E-state index contributed by atoms with van der Waals surface area (Å²) in [7, 11) is -9.91. The van der Waals surface area contributed by atoms with E-state index in [-0.39, 0.29) is 25.7 Å². The van der Waals surface area contributed by atoms with Gasteiger partial charge in [0.2, 0.25) is 0 Å². The number of hydrogen-bond donors (Lipinski definition) is 3. The van der Waals surface area contributed by atoms with E-state index in [0.717, 1.165) is 108 Å². The molecule has 0 amide bonds. The molecule has 3 unspecified atom stereocenters. The van der Waals surface area contributed by atoms with Gasteiger partial charge in [0.05, 0.1) is 26.4 Å². The summed E-state index contributed by atoms with van der Waals surface area (Å²) < 4.78 is 68.4. The van der Waals surface area contributed by atoms with Crippen LogP contribution in [0.1, 0.15) is 376 Å². The average molecular weight is 1370 g/mol. The van der Waals surface area contributed by atoms with Crippen LogP contribution in [0, 0.1) is 17.8 Å². The molecule has 0 heterocycles. The quantitative estimate of drug-likeness (QED) is 0.0222. The molecule has 93 heavy (non-hydrogen) atoms. The molecule has 0 rings (SSSR count). The van der Waals surface area contributed by atoms with Crippen molar-refractivity contribution in [3.63, 3.8) is 0 Å². The molecule has 0 saturated carbocycles. The summed E-state index contributed by atoms with van der Waals surface area (Å²) in [6.45, 7) is 11.9. The van der Waals surface area contributed by atoms with Gasteiger partial charge in [0, 0.05) is 25.7 Å². The Kier molecular flexibility index (Phi) is 63.4. The maximum Gasteiger partial charge on any atom is 0.472 e. The number of phosphoric ester groups is 2. The largest absolute Gasteiger partial charge is 0.472 e. The van der Waals surface area contributed by atoms with Gasteiger partial charge in [-0.3, -0.25) is 37.3 Å². The third-order valence-electron chi connectivity index (χ3n) is 17.5. The third kappa shape index (κ3) is 67.0. The zero-order valence-electron chi connectivity index (χ0n) is 60.7. The maximum absolute atomic E-state index is 13.1. The highest BCUT2D eigenvalue weighted by molar-refractivity contribution is 7.47. The van der Waals surface area contributed by atoms with Gasteiger partial charge in [0.1, 0.15) is 19.3 Å². The van der Waals surface area contributed by atoms with Crippen LogP contribution in [0.4, 0.5) is 0 Å². The molecule has 552 valence electrons. The molecule has 0 saturated heterocycles. The zero-order chi connectivity index (χ0) is 68.7. The standard InChI is InChI=1S/C74H144O17P2/c1-8-10-11-12-13-24-34-41-48-55-71(76)84-61-69(91-74(79)58-51-44-37-30-22-20-26-32-39-46-53-66(5)6)63-88-92(80,81)86-59-68(75)60-87-93(82,83)89-64-70(62-85-72(77)56-49-42-35-28-23-21-27-33-40-47-54-67(7)9-2)90-73(78)57-50-43-36-29-19-17-15-14-16-18-25-31-38-45-52-65(3)4/h65-70,75H,8-64H2,1-7H3,(H,80,81)(H,82,83)/t67?,68-,69+,70+/m0/s1. The first-order valence-electron chi connectivity index (χ1n) is 38.4. The minimum absolute atomic E-state index is 0.106. The second-order valence-electron chi connectivity index (χ2n) is 27.9. The number of hydrogen-bond acceptors (Lipinski definition) is 15. The molecule has 0 aromatic heterocycles. The number of ether oxygens (including phenoxy) is 4. The van der Waals surface area contributed by atoms with Gasteiger partial charge in [0.25, 0.3) is 0 Å². The van der Waals surface area contributed by atoms with Gasteiger partial charge in [-0.25, -0.2) is 9.13 Å². The lowest BCUT2D eigenvalue weighted by molar-refractivity contribution is -0.161. The van der Waals surface area contributed by atoms with E-state index in [1.165, 1.54) is 186 Å². The number of esters is 4. The first-order chi connectivity index (χ1) is 44.8. The molecule has 19 heteroatoms. The lowest BCUT2D eigenvalue weighted by Crippen LogP contribution is -2.30. The van der Waals surface area contributed by atoms with Crippen molar-refractivity contribution in [2.24, 2.45) is 17.8 Å². The van der Waals surface area contributed by atoms with Crippen LogP contribution >= 0.6 is 15.6 Å². The van der Waals surface area contributed by atoms with Gasteiger partial charge >= 0.3 is 39.5 Å². The van der Waals surface area contributed by atoms with Crippen molar-refractivity contribution in [2.45, 2.75) is 394 Å². The van der Waals surface area contributed by atoms with Crippen molar-refractivity contribution >= 4 is 39.5 Å². The van der Waals surface area contributed by atoms with Crippen LogP contribution in [0.25, 0.3) is 0 Å². The highest BCUT2D eigenvalue weighted by atomic mass is 31.2. The minimum Gasteiger partial charge on any atom is -0.462 e. The van der Waals surface area contributed by atoms with Crippen molar-refractivity contribution in [3.8, 4) is 0 Å². The van der Waals surface area contributed by atoms with E-state index < -0.39 is 97.5 Å². The number of carbonyl (C=O) groups excluding carboxylic acids is 4. The summed E-state index contributed by atoms with van der Waals surface area (Å²) in [6, 6.07) is 0. The summed E-state index contributed by atoms with van der Waals surface area (Å²) in [5, 5.41) is 10.6. The fourth-order valence-electron chi connectivity index (χ4n) is 11.2. The maximum atomic E-state index is 13.1. The lowest BCUT2D eigenvalue weighted by Gasteiger charge is -2.21. The molecule has 3 N–H and O–H groups in total. The summed E-state index contributed by atoms with van der Waals surface area (Å²) in [5.41, 5.74) is 0. The zero-order valence-corrected chi connectivity index (χ0v) is 62.5. The molecule has 0 aliphatic carbocycles. The van der Waals surface area contributed by atoms with E-state index >= 15 is 0 Å². The minimum atomic E-state index is -4.96. The van der Waals surface area contributed by atoms with Crippen molar-refractivity contribution in [3.05, 3.63) is 0 Å². The summed E-state index contributed by atoms with van der Waals surface area (Å²) in [5.74, 6) is 0.236. The van der Waals surface area contributed by atoms with E-state index in [0.29, 0.717) is 25.7 Å². The summed E-state index contributed by atoms with van der Waals surface area (Å²) >= 11 is 0. The smallest absolute Gasteiger partial charge is 0.462 e. The van der Waals surface area contributed by atoms with Crippen LogP contribution in [-0.2, 0) is 65.4 Å². The third-order valence-corrected chi connectivity index (χ3v) is 19.4. The van der Waals surface area contributed by atoms with E-state index in [1.54, 1.807) is 0 Å². The Morgan fingerprint density at radius 2 is 0.548 bits per heavy atom. The SMILES string of the molecule is CCCCCCCCCCCC(=O)OC[C@H](COP(=O)(O)OC[C@H](O)COP(=O)(O)OC[C@@H](COC(=O)CCCCCCCCCCCCC(C)CC)OC(=O)CCCCCCCCCCCCCCCCC(C)C)OC(=O)CCCCCCCCCCCCC(C)C. The van der Waals surface area contributed by atoms with Gasteiger partial charge in [-0.15, -0.1) is 0 Å². The predicted molar refractivity (Wildman–Crippen MR) is 377 cm³/mol. The molecule has 0 aromatic carbocycles. The molecule has 6 atom stereocenters. The number of unbranched alkanes of at least 4 members (excludes halogenated alkanes) is 39. The first kappa shape index (κ1) is 91.1. The molecular formula is C74H144O17P2. The number of rotatable bonds is 72. The molecule has 17 nitrogen and oxygen atoms in total. The fourth-order valence-corrected chi connectivity index (χ4v) is 12.8. The fraction of sp³-hybridized carbons (Fsp3) is 0.946. The van der Waals surface area contributed by atoms with E-state index in [9.17, 15) is 43.2 Å². The van der Waals surface area contributed by atoms with Gasteiger partial charge in [-0.2, -0.15) is 0 Å². The average Bonchev–Trinajstić information content (AvgIpc) is 3.31. The highest BCUT2D eigenvalue weighted by Gasteiger charge is 2.30. The van der Waals surface area contributed by atoms with Crippen LogP contribution in [-0.4, -0.2) is 96.7 Å². The Labute approximate surface area is 568 Å². The second kappa shape index (κ2) is 64.7. The molecule has 0 aromatic rings. The van der Waals surface area contributed by atoms with Gasteiger partial charge in [0.15, 0.2) is 12.2 Å². The van der Waals surface area contributed by atoms with Crippen LogP contribution in [0.15, 0.2) is 0 Å². The van der Waals surface area contributed by atoms with Gasteiger partial charge < -0.3 is 33.8 Å². The topological polar surface area (TPSA) is 237 Å². The van der Waals surface area contributed by atoms with Gasteiger partial charge in [-0.1, -0.05) is 325 Å². The predicted octanol–water partition coefficient (Wildman–Crippen LogP) is 21.4. The number of phosphoric acid groups is 2. The Bertz CT molecular complexity index is 1820. The Hall–Kier alpha value is -1.94. The molecule has 0 radical (unpaired) electrons. The van der Waals surface area contributed by atoms with Crippen LogP contribution in [0.5, 0.6) is 0 Å². The summed E-state index contributed by atoms with van der Waals surface area (Å²) in [4.78, 5) is 72.7. The Balaban J connectivity index is 5.24. The molecule has 0 aliphatic rings. The number of carbonyl (C=O) groups is 4. The molecule has 0 aliphatic heterocycles. The van der Waals surface area contributed by atoms with Crippen molar-refractivity contribution in [1.29, 1.82) is 0 Å². The van der Waals surface area contributed by atoms with Crippen LogP contribution in [0.3, 0.4) is 0 Å². The Morgan fingerprint density at radius 3 is 0.817 bits per heavy atom. The van der Waals surface area contributed by atoms with E-state index in [1.807, 2.05) is 0 Å². The van der Waals surface area contributed by atoms with Crippen molar-refractivity contribution in [2.75, 3.05) is 39.6 Å². The molecule has 0 bridgehead atoms. The summed E-state index contributed by atoms with van der Waals surface area (Å²) in [6.07, 6.45) is 49.8.